The van der Waals surface area contributed by atoms with Gasteiger partial charge in [0.15, 0.2) is 0 Å². The molecule has 86 valence electrons. The van der Waals surface area contributed by atoms with Gasteiger partial charge in [0.05, 0.1) is 11.0 Å². The number of para-hydroxylation sites is 2. The molecule has 0 aliphatic rings. The molecule has 1 aromatic carbocycles. The van der Waals surface area contributed by atoms with E-state index in [1.165, 1.54) is 6.42 Å². The van der Waals surface area contributed by atoms with E-state index in [0.29, 0.717) is 0 Å². The van der Waals surface area contributed by atoms with E-state index in [4.69, 9.17) is 0 Å². The van der Waals surface area contributed by atoms with E-state index in [0.717, 1.165) is 23.4 Å². The molecule has 3 heteroatoms. The molecule has 1 heterocycles. The van der Waals surface area contributed by atoms with Crippen LogP contribution in [0.3, 0.4) is 0 Å². The summed E-state index contributed by atoms with van der Waals surface area (Å²) < 4.78 is 0. The molecule has 16 heavy (non-hydrogen) atoms. The number of aromatic nitrogens is 2. The predicted octanol–water partition coefficient (Wildman–Crippen LogP) is 3.55. The van der Waals surface area contributed by atoms with Crippen molar-refractivity contribution in [3.63, 3.8) is 0 Å². The first kappa shape index (κ1) is 11.0. The number of aromatic amines is 1. The van der Waals surface area contributed by atoms with Gasteiger partial charge >= 0.3 is 0 Å². The lowest BCUT2D eigenvalue weighted by Crippen LogP contribution is -2.30. The maximum absolute atomic E-state index is 4.51. The van der Waals surface area contributed by atoms with E-state index in [1.54, 1.807) is 0 Å². The van der Waals surface area contributed by atoms with Gasteiger partial charge in [-0.25, -0.2) is 4.98 Å². The number of benzene rings is 1. The molecule has 1 aromatic heterocycles. The number of anilines is 1. The Bertz CT molecular complexity index is 438. The van der Waals surface area contributed by atoms with E-state index in [1.807, 2.05) is 24.3 Å². The Hall–Kier alpha value is -1.51. The second-order valence-electron chi connectivity index (χ2n) is 4.86. The summed E-state index contributed by atoms with van der Waals surface area (Å²) in [5.74, 6) is 0.861. The Morgan fingerprint density at radius 3 is 2.75 bits per heavy atom. The molecule has 0 unspecified atom stereocenters. The number of nitrogens with zero attached hydrogens (tertiary/aromatic N) is 1. The van der Waals surface area contributed by atoms with Gasteiger partial charge in [-0.05, 0) is 32.4 Å². The first-order valence-electron chi connectivity index (χ1n) is 5.84. The SMILES string of the molecule is CCCC(C)(C)Nc1nc2ccccc2[nH]1. The summed E-state index contributed by atoms with van der Waals surface area (Å²) in [6.45, 7) is 6.59. The minimum absolute atomic E-state index is 0.0859. The van der Waals surface area contributed by atoms with Crippen LogP contribution in [-0.4, -0.2) is 15.5 Å². The largest absolute Gasteiger partial charge is 0.351 e. The molecule has 0 atom stereocenters. The normalized spacial score (nSPS) is 11.9. The highest BCUT2D eigenvalue weighted by Gasteiger charge is 2.17. The highest BCUT2D eigenvalue weighted by Crippen LogP contribution is 2.20. The van der Waals surface area contributed by atoms with Gasteiger partial charge in [-0.1, -0.05) is 25.5 Å². The summed E-state index contributed by atoms with van der Waals surface area (Å²) in [5.41, 5.74) is 2.18. The van der Waals surface area contributed by atoms with Gasteiger partial charge in [-0.15, -0.1) is 0 Å². The molecule has 0 spiro atoms. The quantitative estimate of drug-likeness (QED) is 0.822. The standard InChI is InChI=1S/C13H19N3/c1-4-9-13(2,3)16-12-14-10-7-5-6-8-11(10)15-12/h5-8H,4,9H2,1-3H3,(H2,14,15,16). The van der Waals surface area contributed by atoms with Crippen LogP contribution in [0.1, 0.15) is 33.6 Å². The fraction of sp³-hybridized carbons (Fsp3) is 0.462. The summed E-state index contributed by atoms with van der Waals surface area (Å²) in [6.07, 6.45) is 2.30. The molecule has 2 rings (SSSR count). The lowest BCUT2D eigenvalue weighted by Gasteiger charge is -2.25. The molecule has 3 nitrogen and oxygen atoms in total. The van der Waals surface area contributed by atoms with Gasteiger partial charge in [0, 0.05) is 5.54 Å². The van der Waals surface area contributed by atoms with Crippen molar-refractivity contribution in [1.29, 1.82) is 0 Å². The van der Waals surface area contributed by atoms with Crippen molar-refractivity contribution in [2.24, 2.45) is 0 Å². The van der Waals surface area contributed by atoms with Crippen molar-refractivity contribution in [3.05, 3.63) is 24.3 Å². The lowest BCUT2D eigenvalue weighted by atomic mass is 9.99. The van der Waals surface area contributed by atoms with Crippen molar-refractivity contribution in [1.82, 2.24) is 9.97 Å². The number of H-pyrrole nitrogens is 1. The van der Waals surface area contributed by atoms with Gasteiger partial charge in [0.25, 0.3) is 0 Å². The monoisotopic (exact) mass is 217 g/mol. The number of rotatable bonds is 4. The molecule has 2 N–H and O–H groups in total. The molecule has 2 aromatic rings. The Balaban J connectivity index is 2.21. The van der Waals surface area contributed by atoms with E-state index in [2.05, 4.69) is 36.1 Å². The molecule has 0 aliphatic heterocycles. The smallest absolute Gasteiger partial charge is 0.201 e. The van der Waals surface area contributed by atoms with Crippen molar-refractivity contribution in [2.45, 2.75) is 39.2 Å². The molecule has 0 amide bonds. The molecule has 0 fully saturated rings. The minimum atomic E-state index is 0.0859. The molecule has 0 aliphatic carbocycles. The van der Waals surface area contributed by atoms with Crippen LogP contribution in [0.25, 0.3) is 11.0 Å². The predicted molar refractivity (Wildman–Crippen MR) is 68.7 cm³/mol. The van der Waals surface area contributed by atoms with Crippen molar-refractivity contribution >= 4 is 17.0 Å². The van der Waals surface area contributed by atoms with Gasteiger partial charge in [-0.2, -0.15) is 0 Å². The van der Waals surface area contributed by atoms with Crippen molar-refractivity contribution < 1.29 is 0 Å². The van der Waals surface area contributed by atoms with Crippen molar-refractivity contribution in [3.8, 4) is 0 Å². The fourth-order valence-electron chi connectivity index (χ4n) is 2.02. The zero-order chi connectivity index (χ0) is 11.6. The Morgan fingerprint density at radius 1 is 1.31 bits per heavy atom. The average molecular weight is 217 g/mol. The third kappa shape index (κ3) is 2.35. The van der Waals surface area contributed by atoms with Gasteiger partial charge in [0.1, 0.15) is 0 Å². The van der Waals surface area contributed by atoms with Crippen molar-refractivity contribution in [2.75, 3.05) is 5.32 Å². The third-order valence-electron chi connectivity index (χ3n) is 2.72. The van der Waals surface area contributed by atoms with E-state index < -0.39 is 0 Å². The summed E-state index contributed by atoms with van der Waals surface area (Å²) in [6, 6.07) is 8.08. The molecule has 0 bridgehead atoms. The number of imidazole rings is 1. The van der Waals surface area contributed by atoms with Crippen LogP contribution >= 0.6 is 0 Å². The average Bonchev–Trinajstić information content (AvgIpc) is 2.58. The van der Waals surface area contributed by atoms with E-state index in [-0.39, 0.29) is 5.54 Å². The minimum Gasteiger partial charge on any atom is -0.351 e. The Morgan fingerprint density at radius 2 is 2.06 bits per heavy atom. The molecular weight excluding hydrogens is 198 g/mol. The highest BCUT2D eigenvalue weighted by molar-refractivity contribution is 5.77. The highest BCUT2D eigenvalue weighted by atomic mass is 15.1. The second kappa shape index (κ2) is 4.16. The summed E-state index contributed by atoms with van der Waals surface area (Å²) in [5, 5.41) is 3.44. The van der Waals surface area contributed by atoms with Crippen LogP contribution in [0.5, 0.6) is 0 Å². The van der Waals surface area contributed by atoms with Crippen LogP contribution < -0.4 is 5.32 Å². The summed E-state index contributed by atoms with van der Waals surface area (Å²) in [7, 11) is 0. The fourth-order valence-corrected chi connectivity index (χ4v) is 2.02. The second-order valence-corrected chi connectivity index (χ2v) is 4.86. The third-order valence-corrected chi connectivity index (χ3v) is 2.72. The van der Waals surface area contributed by atoms with Crippen LogP contribution in [0.2, 0.25) is 0 Å². The van der Waals surface area contributed by atoms with E-state index in [9.17, 15) is 0 Å². The summed E-state index contributed by atoms with van der Waals surface area (Å²) >= 11 is 0. The van der Waals surface area contributed by atoms with Crippen LogP contribution in [0.15, 0.2) is 24.3 Å². The van der Waals surface area contributed by atoms with Crippen LogP contribution in [0.4, 0.5) is 5.95 Å². The topological polar surface area (TPSA) is 40.7 Å². The number of fused-ring (bicyclic) bond motifs is 1. The maximum Gasteiger partial charge on any atom is 0.201 e. The van der Waals surface area contributed by atoms with Crippen LogP contribution in [-0.2, 0) is 0 Å². The number of hydrogen-bond acceptors (Lipinski definition) is 2. The van der Waals surface area contributed by atoms with Gasteiger partial charge in [0.2, 0.25) is 5.95 Å². The van der Waals surface area contributed by atoms with Gasteiger partial charge < -0.3 is 10.3 Å². The number of hydrogen-bond donors (Lipinski definition) is 2. The molecule has 0 radical (unpaired) electrons. The molecule has 0 saturated heterocycles. The van der Waals surface area contributed by atoms with Crippen LogP contribution in [0, 0.1) is 0 Å². The van der Waals surface area contributed by atoms with E-state index >= 15 is 0 Å². The van der Waals surface area contributed by atoms with Gasteiger partial charge in [-0.3, -0.25) is 0 Å². The molecular formula is C13H19N3. The summed E-state index contributed by atoms with van der Waals surface area (Å²) in [4.78, 5) is 7.80. The maximum atomic E-state index is 4.51. The zero-order valence-corrected chi connectivity index (χ0v) is 10.2. The first-order valence-corrected chi connectivity index (χ1v) is 5.84. The zero-order valence-electron chi connectivity index (χ0n) is 10.2. The molecule has 0 saturated carbocycles. The first-order chi connectivity index (χ1) is 7.61. The Kier molecular flexibility index (Phi) is 2.86. The lowest BCUT2D eigenvalue weighted by molar-refractivity contribution is 0.507. The number of nitrogens with one attached hydrogen (secondary N) is 2. The Labute approximate surface area is 96.3 Å².